The average molecular weight is 375 g/mol. The van der Waals surface area contributed by atoms with Crippen LogP contribution >= 0.6 is 11.6 Å². The van der Waals surface area contributed by atoms with Crippen LogP contribution in [0.2, 0.25) is 5.15 Å². The highest BCUT2D eigenvalue weighted by atomic mass is 35.5. The van der Waals surface area contributed by atoms with Crippen LogP contribution in [0.1, 0.15) is 20.1 Å². The number of nitrogens with zero attached hydrogens (tertiary/aromatic N) is 4. The highest BCUT2D eigenvalue weighted by Gasteiger charge is 2.61. The lowest BCUT2D eigenvalue weighted by Crippen LogP contribution is -2.58. The largest absolute Gasteiger partial charge is 0.394 e. The lowest BCUT2D eigenvalue weighted by Gasteiger charge is -2.46. The standard InChI is InChI=1S/C14H16ClFN4O5/c1-5-23-12(24-5)14(2)6(3-21)25-11(8(14)22)20-4-17-7-9(15)18-13(16)19-10(7)20/h4-6,8,11-12,21-22H,3H2,1-2H3. The minimum Gasteiger partial charge on any atom is -0.394 e. The molecular formula is C14H16ClFN4O5. The van der Waals surface area contributed by atoms with Gasteiger partial charge in [-0.05, 0) is 13.8 Å². The van der Waals surface area contributed by atoms with Crippen molar-refractivity contribution in [2.45, 2.75) is 44.9 Å². The summed E-state index contributed by atoms with van der Waals surface area (Å²) in [4.78, 5) is 11.1. The fourth-order valence-electron chi connectivity index (χ4n) is 3.33. The molecule has 4 rings (SSSR count). The van der Waals surface area contributed by atoms with Crippen LogP contribution in [0.25, 0.3) is 11.2 Å². The molecule has 4 heterocycles. The summed E-state index contributed by atoms with van der Waals surface area (Å²) in [5, 5.41) is 20.4. The van der Waals surface area contributed by atoms with Gasteiger partial charge in [0.25, 0.3) is 0 Å². The first-order valence-corrected chi connectivity index (χ1v) is 8.05. The van der Waals surface area contributed by atoms with E-state index in [9.17, 15) is 14.6 Å². The Bertz CT molecular complexity index is 816. The predicted octanol–water partition coefficient (Wildman–Crippen LogP) is 0.595. The second-order valence-corrected chi connectivity index (χ2v) is 6.65. The maximum absolute atomic E-state index is 13.5. The summed E-state index contributed by atoms with van der Waals surface area (Å²) in [6.45, 7) is 3.05. The van der Waals surface area contributed by atoms with Crippen LogP contribution in [-0.4, -0.2) is 61.1 Å². The molecule has 2 aliphatic heterocycles. The Morgan fingerprint density at radius 2 is 2.08 bits per heavy atom. The normalized spacial score (nSPS) is 38.2. The van der Waals surface area contributed by atoms with Crippen molar-refractivity contribution in [1.82, 2.24) is 19.5 Å². The molecule has 2 fully saturated rings. The molecular weight excluding hydrogens is 359 g/mol. The number of ether oxygens (including phenoxy) is 3. The van der Waals surface area contributed by atoms with Gasteiger partial charge in [0.2, 0.25) is 0 Å². The van der Waals surface area contributed by atoms with Crippen molar-refractivity contribution in [2.75, 3.05) is 6.61 Å². The van der Waals surface area contributed by atoms with Gasteiger partial charge in [0.05, 0.1) is 24.5 Å². The molecule has 11 heteroatoms. The summed E-state index contributed by atoms with van der Waals surface area (Å²) >= 11 is 5.88. The smallest absolute Gasteiger partial charge is 0.312 e. The first-order valence-electron chi connectivity index (χ1n) is 7.67. The molecule has 4 unspecified atom stereocenters. The van der Waals surface area contributed by atoms with E-state index in [0.29, 0.717) is 0 Å². The number of halogens is 2. The zero-order valence-corrected chi connectivity index (χ0v) is 14.1. The van der Waals surface area contributed by atoms with Crippen LogP contribution in [0, 0.1) is 11.5 Å². The molecule has 2 saturated heterocycles. The first-order chi connectivity index (χ1) is 11.9. The second-order valence-electron chi connectivity index (χ2n) is 6.29. The molecule has 9 nitrogen and oxygen atoms in total. The number of aliphatic hydroxyl groups excluding tert-OH is 2. The summed E-state index contributed by atoms with van der Waals surface area (Å²) in [5.74, 6) is 0. The third-order valence-corrected chi connectivity index (χ3v) is 5.10. The molecule has 0 amide bonds. The maximum atomic E-state index is 13.5. The topological polar surface area (TPSA) is 112 Å². The lowest BCUT2D eigenvalue weighted by atomic mass is 9.79. The SMILES string of the molecule is CC1OC(C2(C)C(CO)OC(n3cnc4c(Cl)nc(F)nc43)C2O)O1. The summed E-state index contributed by atoms with van der Waals surface area (Å²) in [7, 11) is 0. The number of rotatable bonds is 3. The van der Waals surface area contributed by atoms with E-state index in [1.54, 1.807) is 13.8 Å². The van der Waals surface area contributed by atoms with E-state index < -0.39 is 42.5 Å². The van der Waals surface area contributed by atoms with E-state index in [4.69, 9.17) is 25.8 Å². The minimum atomic E-state index is -1.14. The fraction of sp³-hybridized carbons (Fsp3) is 0.643. The van der Waals surface area contributed by atoms with Crippen molar-refractivity contribution in [3.63, 3.8) is 0 Å². The molecule has 0 bridgehead atoms. The molecule has 2 aromatic heterocycles. The monoisotopic (exact) mass is 374 g/mol. The fourth-order valence-corrected chi connectivity index (χ4v) is 3.53. The number of fused-ring (bicyclic) bond motifs is 1. The van der Waals surface area contributed by atoms with Gasteiger partial charge in [0.1, 0.15) is 11.6 Å². The van der Waals surface area contributed by atoms with E-state index in [1.807, 2.05) is 0 Å². The molecule has 0 aliphatic carbocycles. The van der Waals surface area contributed by atoms with Crippen LogP contribution in [0.4, 0.5) is 4.39 Å². The van der Waals surface area contributed by atoms with Crippen LogP contribution in [-0.2, 0) is 14.2 Å². The van der Waals surface area contributed by atoms with E-state index in [1.165, 1.54) is 10.9 Å². The van der Waals surface area contributed by atoms with Gasteiger partial charge in [-0.15, -0.1) is 0 Å². The van der Waals surface area contributed by atoms with Gasteiger partial charge in [0, 0.05) is 0 Å². The summed E-state index contributed by atoms with van der Waals surface area (Å²) in [6, 6.07) is 0. The Morgan fingerprint density at radius 1 is 1.36 bits per heavy atom. The van der Waals surface area contributed by atoms with Gasteiger partial charge < -0.3 is 24.4 Å². The van der Waals surface area contributed by atoms with Crippen LogP contribution in [0.5, 0.6) is 0 Å². The van der Waals surface area contributed by atoms with E-state index in [-0.39, 0.29) is 22.9 Å². The molecule has 2 aliphatic rings. The van der Waals surface area contributed by atoms with Gasteiger partial charge >= 0.3 is 6.08 Å². The van der Waals surface area contributed by atoms with E-state index in [2.05, 4.69) is 15.0 Å². The van der Waals surface area contributed by atoms with E-state index in [0.717, 1.165) is 0 Å². The Kier molecular flexibility index (Phi) is 3.94. The number of hydrogen-bond acceptors (Lipinski definition) is 8. The summed E-state index contributed by atoms with van der Waals surface area (Å²) < 4.78 is 31.7. The Balaban J connectivity index is 1.74. The third kappa shape index (κ3) is 2.36. The quantitative estimate of drug-likeness (QED) is 0.593. The molecule has 2 aromatic rings. The van der Waals surface area contributed by atoms with Gasteiger partial charge in [0.15, 0.2) is 29.6 Å². The molecule has 4 atom stereocenters. The minimum absolute atomic E-state index is 0.0753. The van der Waals surface area contributed by atoms with Crippen LogP contribution < -0.4 is 0 Å². The molecule has 0 radical (unpaired) electrons. The number of aromatic nitrogens is 4. The molecule has 0 spiro atoms. The zero-order chi connectivity index (χ0) is 17.9. The van der Waals surface area contributed by atoms with Crippen molar-refractivity contribution in [2.24, 2.45) is 5.41 Å². The predicted molar refractivity (Wildman–Crippen MR) is 80.8 cm³/mol. The molecule has 2 N–H and O–H groups in total. The first kappa shape index (κ1) is 17.0. The molecule has 25 heavy (non-hydrogen) atoms. The molecule has 136 valence electrons. The van der Waals surface area contributed by atoms with Crippen LogP contribution in [0.3, 0.4) is 0 Å². The number of aliphatic hydroxyl groups is 2. The van der Waals surface area contributed by atoms with Crippen LogP contribution in [0.15, 0.2) is 6.33 Å². The van der Waals surface area contributed by atoms with Crippen molar-refractivity contribution in [3.05, 3.63) is 17.6 Å². The molecule has 0 saturated carbocycles. The zero-order valence-electron chi connectivity index (χ0n) is 13.3. The second kappa shape index (κ2) is 5.79. The Morgan fingerprint density at radius 3 is 2.72 bits per heavy atom. The van der Waals surface area contributed by atoms with E-state index >= 15 is 0 Å². The van der Waals surface area contributed by atoms with Crippen molar-refractivity contribution in [1.29, 1.82) is 0 Å². The Labute approximate surface area is 146 Å². The highest BCUT2D eigenvalue weighted by Crippen LogP contribution is 2.50. The maximum Gasteiger partial charge on any atom is 0.312 e. The average Bonchev–Trinajstić information content (AvgIpc) is 3.05. The van der Waals surface area contributed by atoms with Crippen molar-refractivity contribution < 1.29 is 28.8 Å². The van der Waals surface area contributed by atoms with Crippen molar-refractivity contribution >= 4 is 22.8 Å². The van der Waals surface area contributed by atoms with Gasteiger partial charge in [-0.3, -0.25) is 4.57 Å². The van der Waals surface area contributed by atoms with Gasteiger partial charge in [-0.1, -0.05) is 11.6 Å². The summed E-state index contributed by atoms with van der Waals surface area (Å²) in [5.41, 5.74) is -0.790. The summed E-state index contributed by atoms with van der Waals surface area (Å²) in [6.07, 6.45) is -3.75. The van der Waals surface area contributed by atoms with Gasteiger partial charge in [-0.25, -0.2) is 4.98 Å². The number of imidazole rings is 1. The number of hydrogen-bond donors (Lipinski definition) is 2. The lowest BCUT2D eigenvalue weighted by molar-refractivity contribution is -0.418. The van der Waals surface area contributed by atoms with Crippen molar-refractivity contribution in [3.8, 4) is 0 Å². The van der Waals surface area contributed by atoms with Gasteiger partial charge in [-0.2, -0.15) is 14.4 Å². The molecule has 0 aromatic carbocycles. The highest BCUT2D eigenvalue weighted by molar-refractivity contribution is 6.33. The third-order valence-electron chi connectivity index (χ3n) is 4.83. The Hall–Kier alpha value is -1.43.